The van der Waals surface area contributed by atoms with Gasteiger partial charge in [0.25, 0.3) is 5.91 Å². The summed E-state index contributed by atoms with van der Waals surface area (Å²) in [4.78, 5) is 12.5. The molecule has 7 nitrogen and oxygen atoms in total. The highest BCUT2D eigenvalue weighted by molar-refractivity contribution is 7.89. The maximum absolute atomic E-state index is 12.6. The number of nitrogens with zero attached hydrogens (tertiary/aromatic N) is 1. The van der Waals surface area contributed by atoms with Crippen molar-refractivity contribution in [1.29, 1.82) is 0 Å². The number of benzene rings is 2. The van der Waals surface area contributed by atoms with Gasteiger partial charge in [-0.25, -0.2) is 8.42 Å². The van der Waals surface area contributed by atoms with Crippen LogP contribution in [0.4, 0.5) is 5.69 Å². The van der Waals surface area contributed by atoms with Gasteiger partial charge in [-0.2, -0.15) is 4.31 Å². The maximum Gasteiger partial charge on any atom is 0.255 e. The molecule has 1 aliphatic rings. The van der Waals surface area contributed by atoms with Gasteiger partial charge in [-0.05, 0) is 48.5 Å². The lowest BCUT2D eigenvalue weighted by Crippen LogP contribution is -2.40. The number of carbonyl (C=O) groups is 1. The molecule has 1 N–H and O–H groups in total. The molecule has 0 bridgehead atoms. The molecule has 0 atom stereocenters. The van der Waals surface area contributed by atoms with E-state index in [1.54, 1.807) is 31.4 Å². The molecule has 1 fully saturated rings. The number of nitrogens with one attached hydrogen (secondary N) is 1. The highest BCUT2D eigenvalue weighted by Gasteiger charge is 2.26. The molecule has 1 amide bonds. The van der Waals surface area contributed by atoms with Crippen molar-refractivity contribution >= 4 is 21.6 Å². The van der Waals surface area contributed by atoms with Gasteiger partial charge in [-0.1, -0.05) is 0 Å². The monoisotopic (exact) mass is 376 g/mol. The molecule has 0 unspecified atom stereocenters. The van der Waals surface area contributed by atoms with Crippen LogP contribution in [0.3, 0.4) is 0 Å². The molecule has 0 aliphatic carbocycles. The van der Waals surface area contributed by atoms with Gasteiger partial charge < -0.3 is 14.8 Å². The van der Waals surface area contributed by atoms with Crippen molar-refractivity contribution in [2.75, 3.05) is 38.7 Å². The molecule has 8 heteroatoms. The van der Waals surface area contributed by atoms with Crippen LogP contribution in [0.25, 0.3) is 0 Å². The van der Waals surface area contributed by atoms with Crippen LogP contribution in [0.15, 0.2) is 53.4 Å². The predicted molar refractivity (Wildman–Crippen MR) is 97.0 cm³/mol. The average Bonchev–Trinajstić information content (AvgIpc) is 2.69. The number of hydrogen-bond donors (Lipinski definition) is 1. The van der Waals surface area contributed by atoms with Gasteiger partial charge in [-0.15, -0.1) is 0 Å². The summed E-state index contributed by atoms with van der Waals surface area (Å²) in [5.41, 5.74) is 1.00. The Hall–Kier alpha value is -2.42. The van der Waals surface area contributed by atoms with Gasteiger partial charge in [0.1, 0.15) is 5.75 Å². The summed E-state index contributed by atoms with van der Waals surface area (Å²) in [6.45, 7) is 1.45. The predicted octanol–water partition coefficient (Wildman–Crippen LogP) is 1.97. The van der Waals surface area contributed by atoms with Crippen molar-refractivity contribution in [2.24, 2.45) is 0 Å². The standard InChI is InChI=1S/C18H20N2O5S/c1-24-16-6-4-15(5-7-16)19-18(21)14-2-8-17(9-3-14)26(22,23)20-10-12-25-13-11-20/h2-9H,10-13H2,1H3,(H,19,21). The van der Waals surface area contributed by atoms with Crippen LogP contribution in [0.2, 0.25) is 0 Å². The second kappa shape index (κ2) is 7.86. The number of hydrogen-bond acceptors (Lipinski definition) is 5. The number of methoxy groups -OCH3 is 1. The van der Waals surface area contributed by atoms with Crippen molar-refractivity contribution in [3.63, 3.8) is 0 Å². The molecular weight excluding hydrogens is 356 g/mol. The number of carbonyl (C=O) groups excluding carboxylic acids is 1. The second-order valence-corrected chi connectivity index (χ2v) is 7.66. The van der Waals surface area contributed by atoms with Crippen LogP contribution in [0, 0.1) is 0 Å². The van der Waals surface area contributed by atoms with Crippen LogP contribution in [-0.4, -0.2) is 52.0 Å². The summed E-state index contributed by atoms with van der Waals surface area (Å²) in [5.74, 6) is 0.381. The van der Waals surface area contributed by atoms with Gasteiger partial charge in [-0.3, -0.25) is 4.79 Å². The smallest absolute Gasteiger partial charge is 0.255 e. The van der Waals surface area contributed by atoms with E-state index in [1.807, 2.05) is 0 Å². The van der Waals surface area contributed by atoms with E-state index in [0.29, 0.717) is 43.3 Å². The Morgan fingerprint density at radius 3 is 2.23 bits per heavy atom. The minimum atomic E-state index is -3.56. The molecule has 0 aromatic heterocycles. The quantitative estimate of drug-likeness (QED) is 0.862. The third-order valence-corrected chi connectivity index (χ3v) is 5.99. The van der Waals surface area contributed by atoms with Crippen LogP contribution in [-0.2, 0) is 14.8 Å². The van der Waals surface area contributed by atoms with E-state index >= 15 is 0 Å². The third-order valence-electron chi connectivity index (χ3n) is 4.07. The Bertz CT molecular complexity index is 857. The molecule has 0 radical (unpaired) electrons. The summed E-state index contributed by atoms with van der Waals surface area (Å²) in [5, 5.41) is 2.76. The van der Waals surface area contributed by atoms with Crippen LogP contribution < -0.4 is 10.1 Å². The zero-order valence-electron chi connectivity index (χ0n) is 14.3. The molecule has 1 saturated heterocycles. The fraction of sp³-hybridized carbons (Fsp3) is 0.278. The largest absolute Gasteiger partial charge is 0.497 e. The Labute approximate surface area is 152 Å². The average molecular weight is 376 g/mol. The summed E-state index contributed by atoms with van der Waals surface area (Å²) in [6, 6.07) is 12.9. The fourth-order valence-corrected chi connectivity index (χ4v) is 4.00. The highest BCUT2D eigenvalue weighted by Crippen LogP contribution is 2.19. The topological polar surface area (TPSA) is 84.9 Å². The maximum atomic E-state index is 12.6. The van der Waals surface area contributed by atoms with Crippen molar-refractivity contribution in [3.8, 4) is 5.75 Å². The zero-order chi connectivity index (χ0) is 18.6. The van der Waals surface area contributed by atoms with Crippen LogP contribution in [0.5, 0.6) is 5.75 Å². The molecule has 3 rings (SSSR count). The van der Waals surface area contributed by atoms with E-state index in [2.05, 4.69) is 5.32 Å². The van der Waals surface area contributed by atoms with E-state index in [-0.39, 0.29) is 10.8 Å². The second-order valence-electron chi connectivity index (χ2n) is 5.72. The first-order chi connectivity index (χ1) is 12.5. The molecule has 1 aliphatic heterocycles. The van der Waals surface area contributed by atoms with E-state index in [9.17, 15) is 13.2 Å². The molecule has 0 spiro atoms. The normalized spacial score (nSPS) is 15.4. The lowest BCUT2D eigenvalue weighted by molar-refractivity contribution is 0.0730. The molecule has 2 aromatic rings. The van der Waals surface area contributed by atoms with Gasteiger partial charge in [0.15, 0.2) is 0 Å². The SMILES string of the molecule is COc1ccc(NC(=O)c2ccc(S(=O)(=O)N3CCOCC3)cc2)cc1. The van der Waals surface area contributed by atoms with Crippen LogP contribution >= 0.6 is 0 Å². The van der Waals surface area contributed by atoms with Crippen molar-refractivity contribution in [1.82, 2.24) is 4.31 Å². The number of anilines is 1. The van der Waals surface area contributed by atoms with Gasteiger partial charge in [0, 0.05) is 24.3 Å². The first-order valence-corrected chi connectivity index (χ1v) is 9.58. The lowest BCUT2D eigenvalue weighted by atomic mass is 10.2. The summed E-state index contributed by atoms with van der Waals surface area (Å²) in [7, 11) is -1.99. The number of rotatable bonds is 5. The van der Waals surface area contributed by atoms with E-state index in [1.165, 1.54) is 28.6 Å². The summed E-state index contributed by atoms with van der Waals surface area (Å²) < 4.78 is 36.8. The number of sulfonamides is 1. The Morgan fingerprint density at radius 2 is 1.65 bits per heavy atom. The van der Waals surface area contributed by atoms with E-state index < -0.39 is 10.0 Å². The minimum absolute atomic E-state index is 0.167. The van der Waals surface area contributed by atoms with Crippen LogP contribution in [0.1, 0.15) is 10.4 Å². The molecule has 1 heterocycles. The van der Waals surface area contributed by atoms with E-state index in [4.69, 9.17) is 9.47 Å². The summed E-state index contributed by atoms with van der Waals surface area (Å²) in [6.07, 6.45) is 0. The Balaban J connectivity index is 1.70. The highest BCUT2D eigenvalue weighted by atomic mass is 32.2. The Morgan fingerprint density at radius 1 is 1.04 bits per heavy atom. The number of amides is 1. The molecular formula is C18H20N2O5S. The van der Waals surface area contributed by atoms with Gasteiger partial charge in [0.2, 0.25) is 10.0 Å². The number of morpholine rings is 1. The Kier molecular flexibility index (Phi) is 5.55. The molecule has 138 valence electrons. The summed E-state index contributed by atoms with van der Waals surface area (Å²) >= 11 is 0. The molecule has 0 saturated carbocycles. The first-order valence-electron chi connectivity index (χ1n) is 8.14. The third kappa shape index (κ3) is 4.04. The number of ether oxygens (including phenoxy) is 2. The van der Waals surface area contributed by atoms with Crippen molar-refractivity contribution < 1.29 is 22.7 Å². The fourth-order valence-electron chi connectivity index (χ4n) is 2.59. The zero-order valence-corrected chi connectivity index (χ0v) is 15.2. The van der Waals surface area contributed by atoms with Gasteiger partial charge in [0.05, 0.1) is 25.2 Å². The van der Waals surface area contributed by atoms with Crippen molar-refractivity contribution in [3.05, 3.63) is 54.1 Å². The van der Waals surface area contributed by atoms with Crippen molar-refractivity contribution in [2.45, 2.75) is 4.90 Å². The first kappa shape index (κ1) is 18.4. The minimum Gasteiger partial charge on any atom is -0.497 e. The molecule has 26 heavy (non-hydrogen) atoms. The molecule has 2 aromatic carbocycles. The lowest BCUT2D eigenvalue weighted by Gasteiger charge is -2.26. The van der Waals surface area contributed by atoms with E-state index in [0.717, 1.165) is 0 Å². The van der Waals surface area contributed by atoms with Gasteiger partial charge >= 0.3 is 0 Å².